The number of nitrogen functional groups attached to an aromatic ring is 1. The SMILES string of the molecule is CCC(C)CN(CC)Cc1cccc(N)c1C. The van der Waals surface area contributed by atoms with Gasteiger partial charge in [0.25, 0.3) is 0 Å². The van der Waals surface area contributed by atoms with Crippen LogP contribution < -0.4 is 5.73 Å². The topological polar surface area (TPSA) is 29.3 Å². The molecule has 2 nitrogen and oxygen atoms in total. The van der Waals surface area contributed by atoms with Gasteiger partial charge in [0.2, 0.25) is 0 Å². The lowest BCUT2D eigenvalue weighted by molar-refractivity contribution is 0.238. The van der Waals surface area contributed by atoms with Gasteiger partial charge in [-0.3, -0.25) is 4.90 Å². The third kappa shape index (κ3) is 4.04. The molecular formula is C15H26N2. The van der Waals surface area contributed by atoms with E-state index < -0.39 is 0 Å². The van der Waals surface area contributed by atoms with Crippen LogP contribution in [0.5, 0.6) is 0 Å². The zero-order chi connectivity index (χ0) is 12.8. The van der Waals surface area contributed by atoms with Crippen LogP contribution in [0.1, 0.15) is 38.3 Å². The Morgan fingerprint density at radius 1 is 1.29 bits per heavy atom. The van der Waals surface area contributed by atoms with Gasteiger partial charge in [-0.15, -0.1) is 0 Å². The summed E-state index contributed by atoms with van der Waals surface area (Å²) in [6.45, 7) is 12.2. The summed E-state index contributed by atoms with van der Waals surface area (Å²) in [5.41, 5.74) is 9.44. The molecule has 0 aliphatic carbocycles. The molecule has 1 unspecified atom stereocenters. The first-order valence-corrected chi connectivity index (χ1v) is 6.64. The van der Waals surface area contributed by atoms with Gasteiger partial charge in [-0.25, -0.2) is 0 Å². The molecule has 1 atom stereocenters. The predicted molar refractivity (Wildman–Crippen MR) is 76.0 cm³/mol. The summed E-state index contributed by atoms with van der Waals surface area (Å²) in [7, 11) is 0. The van der Waals surface area contributed by atoms with Gasteiger partial charge in [-0.2, -0.15) is 0 Å². The normalized spacial score (nSPS) is 13.0. The van der Waals surface area contributed by atoms with Crippen molar-refractivity contribution in [1.29, 1.82) is 0 Å². The number of hydrogen-bond donors (Lipinski definition) is 1. The third-order valence-corrected chi connectivity index (χ3v) is 3.60. The smallest absolute Gasteiger partial charge is 0.0346 e. The Morgan fingerprint density at radius 3 is 2.59 bits per heavy atom. The van der Waals surface area contributed by atoms with Crippen molar-refractivity contribution < 1.29 is 0 Å². The summed E-state index contributed by atoms with van der Waals surface area (Å²) in [6, 6.07) is 6.21. The molecule has 1 aromatic rings. The van der Waals surface area contributed by atoms with Gasteiger partial charge in [0.05, 0.1) is 0 Å². The van der Waals surface area contributed by atoms with Gasteiger partial charge in [0, 0.05) is 18.8 Å². The molecule has 1 aromatic carbocycles. The van der Waals surface area contributed by atoms with Crippen molar-refractivity contribution in [3.8, 4) is 0 Å². The maximum atomic E-state index is 5.95. The summed E-state index contributed by atoms with van der Waals surface area (Å²) in [4.78, 5) is 2.50. The molecule has 0 fully saturated rings. The van der Waals surface area contributed by atoms with E-state index in [4.69, 9.17) is 5.73 Å². The molecule has 17 heavy (non-hydrogen) atoms. The first-order chi connectivity index (χ1) is 8.08. The maximum Gasteiger partial charge on any atom is 0.0346 e. The summed E-state index contributed by atoms with van der Waals surface area (Å²) < 4.78 is 0. The van der Waals surface area contributed by atoms with E-state index in [0.717, 1.165) is 24.7 Å². The summed E-state index contributed by atoms with van der Waals surface area (Å²) >= 11 is 0. The maximum absolute atomic E-state index is 5.95. The zero-order valence-corrected chi connectivity index (χ0v) is 11.7. The highest BCUT2D eigenvalue weighted by Gasteiger charge is 2.10. The fourth-order valence-corrected chi connectivity index (χ4v) is 1.99. The standard InChI is InChI=1S/C15H26N2/c1-5-12(3)10-17(6-2)11-14-8-7-9-15(16)13(14)4/h7-9,12H,5-6,10-11,16H2,1-4H3. The minimum Gasteiger partial charge on any atom is -0.399 e. The lowest BCUT2D eigenvalue weighted by Crippen LogP contribution is -2.28. The summed E-state index contributed by atoms with van der Waals surface area (Å²) in [6.07, 6.45) is 1.24. The van der Waals surface area contributed by atoms with E-state index in [1.165, 1.54) is 24.1 Å². The van der Waals surface area contributed by atoms with Crippen LogP contribution in [0.2, 0.25) is 0 Å². The van der Waals surface area contributed by atoms with Crippen LogP contribution in [0.25, 0.3) is 0 Å². The van der Waals surface area contributed by atoms with Crippen LogP contribution in [0.3, 0.4) is 0 Å². The summed E-state index contributed by atoms with van der Waals surface area (Å²) in [5, 5.41) is 0. The van der Waals surface area contributed by atoms with Gasteiger partial charge < -0.3 is 5.73 Å². The Kier molecular flexibility index (Phi) is 5.49. The molecule has 0 spiro atoms. The number of anilines is 1. The van der Waals surface area contributed by atoms with Gasteiger partial charge >= 0.3 is 0 Å². The highest BCUT2D eigenvalue weighted by atomic mass is 15.1. The minimum atomic E-state index is 0.760. The lowest BCUT2D eigenvalue weighted by atomic mass is 10.0. The molecule has 0 saturated carbocycles. The molecule has 0 bridgehead atoms. The fourth-order valence-electron chi connectivity index (χ4n) is 1.99. The van der Waals surface area contributed by atoms with Crippen LogP contribution >= 0.6 is 0 Å². The van der Waals surface area contributed by atoms with Crippen LogP contribution in [0, 0.1) is 12.8 Å². The number of benzene rings is 1. The van der Waals surface area contributed by atoms with E-state index in [0.29, 0.717) is 0 Å². The molecule has 1 rings (SSSR count). The first-order valence-electron chi connectivity index (χ1n) is 6.64. The van der Waals surface area contributed by atoms with Crippen LogP contribution in [0.15, 0.2) is 18.2 Å². The van der Waals surface area contributed by atoms with E-state index in [-0.39, 0.29) is 0 Å². The number of hydrogen-bond acceptors (Lipinski definition) is 2. The van der Waals surface area contributed by atoms with Gasteiger partial charge in [-0.05, 0) is 36.6 Å². The van der Waals surface area contributed by atoms with Crippen molar-refractivity contribution in [2.45, 2.75) is 40.7 Å². The monoisotopic (exact) mass is 234 g/mol. The third-order valence-electron chi connectivity index (χ3n) is 3.60. The molecule has 0 aliphatic rings. The first kappa shape index (κ1) is 14.0. The second kappa shape index (κ2) is 6.65. The van der Waals surface area contributed by atoms with Crippen molar-refractivity contribution in [2.75, 3.05) is 18.8 Å². The quantitative estimate of drug-likeness (QED) is 0.764. The molecule has 0 aromatic heterocycles. The Hall–Kier alpha value is -1.02. The Bertz CT molecular complexity index is 347. The highest BCUT2D eigenvalue weighted by Crippen LogP contribution is 2.18. The number of nitrogens with zero attached hydrogens (tertiary/aromatic N) is 1. The molecule has 0 amide bonds. The van der Waals surface area contributed by atoms with Gasteiger partial charge in [-0.1, -0.05) is 39.3 Å². The second-order valence-corrected chi connectivity index (χ2v) is 4.97. The Labute approximate surface area is 106 Å². The molecule has 2 N–H and O–H groups in total. The van der Waals surface area contributed by atoms with Crippen LogP contribution in [0.4, 0.5) is 5.69 Å². The molecule has 0 heterocycles. The Balaban J connectivity index is 2.70. The predicted octanol–water partition coefficient (Wildman–Crippen LogP) is 3.45. The van der Waals surface area contributed by atoms with Crippen LogP contribution in [-0.2, 0) is 6.54 Å². The van der Waals surface area contributed by atoms with Crippen molar-refractivity contribution in [2.24, 2.45) is 5.92 Å². The van der Waals surface area contributed by atoms with E-state index in [1.54, 1.807) is 0 Å². The van der Waals surface area contributed by atoms with Crippen LogP contribution in [-0.4, -0.2) is 18.0 Å². The average Bonchev–Trinajstić information content (AvgIpc) is 2.33. The van der Waals surface area contributed by atoms with E-state index in [2.05, 4.69) is 44.7 Å². The minimum absolute atomic E-state index is 0.760. The highest BCUT2D eigenvalue weighted by molar-refractivity contribution is 5.49. The zero-order valence-electron chi connectivity index (χ0n) is 11.7. The molecule has 96 valence electrons. The van der Waals surface area contributed by atoms with Crippen molar-refractivity contribution >= 4 is 5.69 Å². The van der Waals surface area contributed by atoms with E-state index in [9.17, 15) is 0 Å². The molecule has 0 aliphatic heterocycles. The lowest BCUT2D eigenvalue weighted by Gasteiger charge is -2.24. The summed E-state index contributed by atoms with van der Waals surface area (Å²) in [5.74, 6) is 0.760. The van der Waals surface area contributed by atoms with Crippen molar-refractivity contribution in [1.82, 2.24) is 4.90 Å². The number of nitrogens with two attached hydrogens (primary N) is 1. The molecular weight excluding hydrogens is 208 g/mol. The van der Waals surface area contributed by atoms with E-state index in [1.807, 2.05) is 6.07 Å². The average molecular weight is 234 g/mol. The van der Waals surface area contributed by atoms with Gasteiger partial charge in [0.1, 0.15) is 0 Å². The largest absolute Gasteiger partial charge is 0.399 e. The van der Waals surface area contributed by atoms with Crippen molar-refractivity contribution in [3.63, 3.8) is 0 Å². The molecule has 2 heteroatoms. The fraction of sp³-hybridized carbons (Fsp3) is 0.600. The van der Waals surface area contributed by atoms with Crippen molar-refractivity contribution in [3.05, 3.63) is 29.3 Å². The second-order valence-electron chi connectivity index (χ2n) is 4.97. The molecule has 0 radical (unpaired) electrons. The number of rotatable bonds is 6. The Morgan fingerprint density at radius 2 is 2.00 bits per heavy atom. The van der Waals surface area contributed by atoms with Gasteiger partial charge in [0.15, 0.2) is 0 Å². The molecule has 0 saturated heterocycles. The van der Waals surface area contributed by atoms with E-state index >= 15 is 0 Å².